The minimum Gasteiger partial charge on any atom is -0.340 e. The summed E-state index contributed by atoms with van der Waals surface area (Å²) in [4.78, 5) is 31.4. The maximum absolute atomic E-state index is 12.9. The molecule has 154 valence electrons. The summed E-state index contributed by atoms with van der Waals surface area (Å²) in [5, 5.41) is 0.701. The molecule has 0 bridgehead atoms. The largest absolute Gasteiger partial charge is 0.340 e. The van der Waals surface area contributed by atoms with Gasteiger partial charge >= 0.3 is 0 Å². The Balaban J connectivity index is 1.61. The first-order valence-electron chi connectivity index (χ1n) is 10.1. The number of amides is 2. The van der Waals surface area contributed by atoms with Crippen LogP contribution in [0.3, 0.4) is 0 Å². The summed E-state index contributed by atoms with van der Waals surface area (Å²) >= 11 is 8.14. The highest BCUT2D eigenvalue weighted by atomic mass is 35.5. The van der Waals surface area contributed by atoms with Gasteiger partial charge in [0.05, 0.1) is 5.25 Å². The third kappa shape index (κ3) is 4.66. The van der Waals surface area contributed by atoms with Gasteiger partial charge in [-0.2, -0.15) is 0 Å². The molecule has 2 fully saturated rings. The third-order valence-electron chi connectivity index (χ3n) is 5.51. The van der Waals surface area contributed by atoms with Gasteiger partial charge in [-0.3, -0.25) is 14.5 Å². The molecule has 0 N–H and O–H groups in total. The minimum atomic E-state index is -0.0186. The average Bonchev–Trinajstić information content (AvgIpc) is 3.02. The van der Waals surface area contributed by atoms with Crippen molar-refractivity contribution in [2.45, 2.75) is 37.8 Å². The van der Waals surface area contributed by atoms with E-state index in [1.807, 2.05) is 47.9 Å². The maximum atomic E-state index is 12.9. The Labute approximate surface area is 177 Å². The fourth-order valence-electron chi connectivity index (χ4n) is 3.81. The van der Waals surface area contributed by atoms with Crippen molar-refractivity contribution in [1.82, 2.24) is 14.7 Å². The lowest BCUT2D eigenvalue weighted by Crippen LogP contribution is -2.51. The van der Waals surface area contributed by atoms with Crippen LogP contribution in [0.15, 0.2) is 24.3 Å². The van der Waals surface area contributed by atoms with Crippen molar-refractivity contribution in [2.75, 3.05) is 39.3 Å². The molecule has 0 saturated carbocycles. The van der Waals surface area contributed by atoms with Gasteiger partial charge in [0, 0.05) is 55.8 Å². The fraction of sp³-hybridized carbons (Fsp3) is 0.619. The second kappa shape index (κ2) is 9.51. The number of halogens is 1. The summed E-state index contributed by atoms with van der Waals surface area (Å²) in [5.41, 5.74) is 1.02. The van der Waals surface area contributed by atoms with Crippen molar-refractivity contribution in [3.8, 4) is 0 Å². The quantitative estimate of drug-likeness (QED) is 0.702. The Bertz CT molecular complexity index is 707. The van der Waals surface area contributed by atoms with Gasteiger partial charge in [-0.25, -0.2) is 0 Å². The molecule has 2 aliphatic rings. The van der Waals surface area contributed by atoms with E-state index >= 15 is 0 Å². The molecule has 7 heteroatoms. The van der Waals surface area contributed by atoms with E-state index in [9.17, 15) is 9.59 Å². The predicted molar refractivity (Wildman–Crippen MR) is 115 cm³/mol. The van der Waals surface area contributed by atoms with Crippen LogP contribution in [0, 0.1) is 5.92 Å². The van der Waals surface area contributed by atoms with Gasteiger partial charge in [0.1, 0.15) is 5.37 Å². The number of hydrogen-bond donors (Lipinski definition) is 0. The molecule has 0 aromatic heterocycles. The highest BCUT2D eigenvalue weighted by Crippen LogP contribution is 2.45. The van der Waals surface area contributed by atoms with Crippen LogP contribution in [-0.2, 0) is 9.59 Å². The van der Waals surface area contributed by atoms with Gasteiger partial charge in [-0.1, -0.05) is 50.6 Å². The summed E-state index contributed by atoms with van der Waals surface area (Å²) in [5.74, 6) is 0.495. The molecule has 2 saturated heterocycles. The summed E-state index contributed by atoms with van der Waals surface area (Å²) < 4.78 is 0. The number of rotatable bonds is 6. The molecule has 2 aliphatic heterocycles. The molecule has 28 heavy (non-hydrogen) atoms. The molecule has 2 heterocycles. The van der Waals surface area contributed by atoms with E-state index in [1.165, 1.54) is 0 Å². The van der Waals surface area contributed by atoms with Gasteiger partial charge in [-0.15, -0.1) is 11.8 Å². The Morgan fingerprint density at radius 2 is 1.86 bits per heavy atom. The first-order valence-corrected chi connectivity index (χ1v) is 11.5. The van der Waals surface area contributed by atoms with E-state index in [0.717, 1.165) is 49.7 Å². The molecular formula is C21H30ClN3O2S. The number of hydrogen-bond acceptors (Lipinski definition) is 4. The lowest BCUT2D eigenvalue weighted by atomic mass is 10.1. The standard InChI is InChI=1S/C21H30ClN3O2S/c1-4-18-20(27)25(21(28-18)16-7-5-6-8-17(16)22)14-11-23-9-12-24(13-10-23)19(26)15(2)3/h5-8,15,18,21H,4,9-14H2,1-3H3/t18-,21-/m0/s1. The van der Waals surface area contributed by atoms with Crippen LogP contribution in [-0.4, -0.2) is 71.0 Å². The number of carbonyl (C=O) groups excluding carboxylic acids is 2. The number of piperazine rings is 1. The molecule has 1 aromatic rings. The van der Waals surface area contributed by atoms with Crippen molar-refractivity contribution >= 4 is 35.2 Å². The second-order valence-corrected chi connectivity index (χ2v) is 9.46. The Kier molecular flexibility index (Phi) is 7.29. The smallest absolute Gasteiger partial charge is 0.236 e. The van der Waals surface area contributed by atoms with Crippen molar-refractivity contribution in [3.63, 3.8) is 0 Å². The number of thioether (sulfide) groups is 1. The lowest BCUT2D eigenvalue weighted by Gasteiger charge is -2.36. The molecule has 0 spiro atoms. The summed E-state index contributed by atoms with van der Waals surface area (Å²) in [7, 11) is 0. The molecular weight excluding hydrogens is 394 g/mol. The summed E-state index contributed by atoms with van der Waals surface area (Å²) in [6.45, 7) is 10.7. The van der Waals surface area contributed by atoms with Crippen LogP contribution in [0.1, 0.15) is 38.1 Å². The molecule has 0 aliphatic carbocycles. The molecule has 2 atom stereocenters. The Morgan fingerprint density at radius 1 is 1.18 bits per heavy atom. The zero-order valence-corrected chi connectivity index (χ0v) is 18.5. The zero-order valence-electron chi connectivity index (χ0n) is 16.9. The van der Waals surface area contributed by atoms with Gasteiger partial charge in [-0.05, 0) is 12.5 Å². The SMILES string of the molecule is CC[C@@H]1S[C@@H](c2ccccc2Cl)N(CCN2CCN(C(=O)C(C)C)CC2)C1=O. The fourth-order valence-corrected chi connectivity index (χ4v) is 5.58. The van der Waals surface area contributed by atoms with E-state index in [-0.39, 0.29) is 28.4 Å². The van der Waals surface area contributed by atoms with Gasteiger partial charge < -0.3 is 9.80 Å². The average molecular weight is 424 g/mol. The molecule has 5 nitrogen and oxygen atoms in total. The second-order valence-electron chi connectivity index (χ2n) is 7.76. The zero-order chi connectivity index (χ0) is 20.3. The van der Waals surface area contributed by atoms with E-state index in [4.69, 9.17) is 11.6 Å². The predicted octanol–water partition coefficient (Wildman–Crippen LogP) is 3.49. The van der Waals surface area contributed by atoms with Crippen LogP contribution in [0.25, 0.3) is 0 Å². The number of carbonyl (C=O) groups is 2. The third-order valence-corrected chi connectivity index (χ3v) is 7.49. The molecule has 0 radical (unpaired) electrons. The van der Waals surface area contributed by atoms with Crippen LogP contribution < -0.4 is 0 Å². The maximum Gasteiger partial charge on any atom is 0.236 e. The lowest BCUT2D eigenvalue weighted by molar-refractivity contribution is -0.136. The molecule has 2 amide bonds. The van der Waals surface area contributed by atoms with Crippen LogP contribution >= 0.6 is 23.4 Å². The summed E-state index contributed by atoms with van der Waals surface area (Å²) in [6.07, 6.45) is 0.830. The van der Waals surface area contributed by atoms with Crippen molar-refractivity contribution in [1.29, 1.82) is 0 Å². The molecule has 0 unspecified atom stereocenters. The van der Waals surface area contributed by atoms with Crippen LogP contribution in [0.5, 0.6) is 0 Å². The minimum absolute atomic E-state index is 0.00165. The van der Waals surface area contributed by atoms with Gasteiger partial charge in [0.15, 0.2) is 0 Å². The Morgan fingerprint density at radius 3 is 2.46 bits per heavy atom. The number of benzene rings is 1. The van der Waals surface area contributed by atoms with Crippen LogP contribution in [0.2, 0.25) is 5.02 Å². The molecule has 3 rings (SSSR count). The Hall–Kier alpha value is -1.24. The first-order chi connectivity index (χ1) is 13.4. The van der Waals surface area contributed by atoms with Crippen LogP contribution in [0.4, 0.5) is 0 Å². The van der Waals surface area contributed by atoms with Crippen molar-refractivity contribution in [3.05, 3.63) is 34.9 Å². The van der Waals surface area contributed by atoms with E-state index in [0.29, 0.717) is 6.54 Å². The van der Waals surface area contributed by atoms with E-state index < -0.39 is 0 Å². The van der Waals surface area contributed by atoms with E-state index in [2.05, 4.69) is 11.8 Å². The van der Waals surface area contributed by atoms with Gasteiger partial charge in [0.25, 0.3) is 0 Å². The van der Waals surface area contributed by atoms with Gasteiger partial charge in [0.2, 0.25) is 11.8 Å². The van der Waals surface area contributed by atoms with Crippen molar-refractivity contribution in [2.24, 2.45) is 5.92 Å². The summed E-state index contributed by atoms with van der Waals surface area (Å²) in [6, 6.07) is 7.82. The monoisotopic (exact) mass is 423 g/mol. The topological polar surface area (TPSA) is 43.9 Å². The highest BCUT2D eigenvalue weighted by molar-refractivity contribution is 8.01. The number of nitrogens with zero attached hydrogens (tertiary/aromatic N) is 3. The first kappa shape index (κ1) is 21.5. The molecule has 1 aromatic carbocycles. The normalized spacial score (nSPS) is 23.7. The highest BCUT2D eigenvalue weighted by Gasteiger charge is 2.40. The van der Waals surface area contributed by atoms with E-state index in [1.54, 1.807) is 11.8 Å². The van der Waals surface area contributed by atoms with Crippen molar-refractivity contribution < 1.29 is 9.59 Å².